The smallest absolute Gasteiger partial charge is 0.344 e. The molecule has 4 nitrogen and oxygen atoms in total. The van der Waals surface area contributed by atoms with Gasteiger partial charge >= 0.3 is 5.63 Å². The first-order chi connectivity index (χ1) is 14.0. The summed E-state index contributed by atoms with van der Waals surface area (Å²) in [5, 5.41) is 1.16. The molecule has 0 aliphatic carbocycles. The first-order valence-corrected chi connectivity index (χ1v) is 9.43. The molecule has 4 aromatic rings. The van der Waals surface area contributed by atoms with Crippen molar-refractivity contribution < 1.29 is 9.21 Å². The highest BCUT2D eigenvalue weighted by molar-refractivity contribution is 6.12. The quantitative estimate of drug-likeness (QED) is 0.479. The Bertz CT molecular complexity index is 1270. The Labute approximate surface area is 169 Å². The van der Waals surface area contributed by atoms with E-state index in [0.717, 1.165) is 22.4 Å². The van der Waals surface area contributed by atoms with Gasteiger partial charge in [0.05, 0.1) is 5.39 Å². The number of anilines is 1. The molecule has 0 unspecified atom stereocenters. The highest BCUT2D eigenvalue weighted by atomic mass is 16.4. The fraction of sp³-hybridized carbons (Fsp3) is 0.120. The van der Waals surface area contributed by atoms with Crippen LogP contribution in [0.15, 0.2) is 82.0 Å². The van der Waals surface area contributed by atoms with Gasteiger partial charge in [-0.15, -0.1) is 0 Å². The molecule has 0 aliphatic heterocycles. The molecule has 4 rings (SSSR count). The first-order valence-electron chi connectivity index (χ1n) is 9.43. The third-order valence-corrected chi connectivity index (χ3v) is 5.07. The van der Waals surface area contributed by atoms with Crippen molar-refractivity contribution in [3.63, 3.8) is 0 Å². The molecule has 0 bridgehead atoms. The molecule has 29 heavy (non-hydrogen) atoms. The summed E-state index contributed by atoms with van der Waals surface area (Å²) in [6.07, 6.45) is 0. The maximum Gasteiger partial charge on any atom is 0.344 e. The average molecular weight is 383 g/mol. The highest BCUT2D eigenvalue weighted by Gasteiger charge is 2.24. The molecule has 1 aromatic heterocycles. The van der Waals surface area contributed by atoms with Crippen molar-refractivity contribution in [1.82, 2.24) is 0 Å². The zero-order chi connectivity index (χ0) is 20.5. The van der Waals surface area contributed by atoms with Crippen LogP contribution in [-0.4, -0.2) is 13.0 Å². The maximum absolute atomic E-state index is 13.4. The van der Waals surface area contributed by atoms with Crippen molar-refractivity contribution in [3.05, 3.63) is 100 Å². The number of aryl methyl sites for hydroxylation is 2. The van der Waals surface area contributed by atoms with Crippen LogP contribution in [0.25, 0.3) is 21.9 Å². The number of carbonyl (C=O) groups is 1. The van der Waals surface area contributed by atoms with Crippen LogP contribution in [0.5, 0.6) is 0 Å². The van der Waals surface area contributed by atoms with Crippen molar-refractivity contribution in [2.24, 2.45) is 0 Å². The number of hydrogen-bond donors (Lipinski definition) is 0. The number of nitrogens with zero attached hydrogens (tertiary/aromatic N) is 1. The Balaban J connectivity index is 1.96. The summed E-state index contributed by atoms with van der Waals surface area (Å²) in [6.45, 7) is 3.97. The van der Waals surface area contributed by atoms with Crippen LogP contribution in [0.2, 0.25) is 0 Å². The van der Waals surface area contributed by atoms with Gasteiger partial charge in [-0.2, -0.15) is 0 Å². The second kappa shape index (κ2) is 7.40. The SMILES string of the molecule is Cc1ccc(-c2c(C(=O)N(C)c3cccc(C)c3)oc(=O)c3ccccc23)cc1. The van der Waals surface area contributed by atoms with E-state index >= 15 is 0 Å². The Kier molecular flexibility index (Phi) is 4.77. The molecule has 0 aliphatic rings. The van der Waals surface area contributed by atoms with Crippen molar-refractivity contribution in [1.29, 1.82) is 0 Å². The van der Waals surface area contributed by atoms with Gasteiger partial charge in [-0.25, -0.2) is 4.79 Å². The lowest BCUT2D eigenvalue weighted by atomic mass is 9.97. The minimum absolute atomic E-state index is 0.0431. The van der Waals surface area contributed by atoms with Crippen molar-refractivity contribution >= 4 is 22.4 Å². The molecular formula is C25H21NO3. The number of fused-ring (bicyclic) bond motifs is 1. The van der Waals surface area contributed by atoms with Gasteiger partial charge in [-0.1, -0.05) is 60.2 Å². The summed E-state index contributed by atoms with van der Waals surface area (Å²) < 4.78 is 5.59. The van der Waals surface area contributed by atoms with E-state index in [1.165, 1.54) is 4.90 Å². The molecule has 0 fully saturated rings. The third kappa shape index (κ3) is 3.45. The van der Waals surface area contributed by atoms with Crippen LogP contribution in [0.4, 0.5) is 5.69 Å². The Hall–Kier alpha value is -3.66. The minimum atomic E-state index is -0.516. The molecule has 1 amide bonds. The normalized spacial score (nSPS) is 10.9. The molecule has 0 saturated heterocycles. The van der Waals surface area contributed by atoms with Gasteiger partial charge in [0.15, 0.2) is 0 Å². The Morgan fingerprint density at radius 1 is 0.828 bits per heavy atom. The zero-order valence-corrected chi connectivity index (χ0v) is 16.6. The molecule has 0 radical (unpaired) electrons. The number of benzene rings is 3. The highest BCUT2D eigenvalue weighted by Crippen LogP contribution is 2.32. The second-order valence-electron chi connectivity index (χ2n) is 7.21. The van der Waals surface area contributed by atoms with Crippen LogP contribution in [0.3, 0.4) is 0 Å². The van der Waals surface area contributed by atoms with Gasteiger partial charge in [0.1, 0.15) is 0 Å². The van der Waals surface area contributed by atoms with Crippen LogP contribution in [0.1, 0.15) is 21.7 Å². The largest absolute Gasteiger partial charge is 0.416 e. The molecule has 0 spiro atoms. The van der Waals surface area contributed by atoms with Gasteiger partial charge in [0.2, 0.25) is 5.76 Å². The summed E-state index contributed by atoms with van der Waals surface area (Å²) in [7, 11) is 1.69. The van der Waals surface area contributed by atoms with Crippen molar-refractivity contribution in [2.45, 2.75) is 13.8 Å². The molecular weight excluding hydrogens is 362 g/mol. The minimum Gasteiger partial charge on any atom is -0.416 e. The summed E-state index contributed by atoms with van der Waals surface area (Å²) in [5.74, 6) is -0.324. The van der Waals surface area contributed by atoms with E-state index in [-0.39, 0.29) is 11.7 Å². The van der Waals surface area contributed by atoms with Gasteiger partial charge in [0, 0.05) is 23.7 Å². The van der Waals surface area contributed by atoms with E-state index in [1.807, 2.05) is 74.5 Å². The summed E-state index contributed by atoms with van der Waals surface area (Å²) in [6, 6.07) is 22.7. The van der Waals surface area contributed by atoms with E-state index in [2.05, 4.69) is 0 Å². The molecule has 144 valence electrons. The van der Waals surface area contributed by atoms with Gasteiger partial charge < -0.3 is 9.32 Å². The number of rotatable bonds is 3. The van der Waals surface area contributed by atoms with E-state index in [4.69, 9.17) is 4.42 Å². The van der Waals surface area contributed by atoms with Crippen LogP contribution in [-0.2, 0) is 0 Å². The van der Waals surface area contributed by atoms with E-state index in [9.17, 15) is 9.59 Å². The number of carbonyl (C=O) groups excluding carboxylic acids is 1. The standard InChI is InChI=1S/C25H21NO3/c1-16-11-13-18(14-12-16)22-20-9-4-5-10-21(20)25(28)29-23(22)24(27)26(3)19-8-6-7-17(2)15-19/h4-15H,1-3H3. The second-order valence-corrected chi connectivity index (χ2v) is 7.21. The number of hydrogen-bond acceptors (Lipinski definition) is 3. The Morgan fingerprint density at radius 3 is 2.21 bits per heavy atom. The summed E-state index contributed by atoms with van der Waals surface area (Å²) in [5.41, 5.74) is 3.83. The molecule has 0 saturated carbocycles. The number of amides is 1. The van der Waals surface area contributed by atoms with E-state index < -0.39 is 5.63 Å². The first kappa shape index (κ1) is 18.7. The fourth-order valence-corrected chi connectivity index (χ4v) is 3.46. The molecule has 0 N–H and O–H groups in total. The summed E-state index contributed by atoms with van der Waals surface area (Å²) >= 11 is 0. The van der Waals surface area contributed by atoms with Gasteiger partial charge in [-0.05, 0) is 43.2 Å². The van der Waals surface area contributed by atoms with Crippen LogP contribution < -0.4 is 10.5 Å². The maximum atomic E-state index is 13.4. The van der Waals surface area contributed by atoms with Crippen molar-refractivity contribution in [2.75, 3.05) is 11.9 Å². The molecule has 4 heteroatoms. The lowest BCUT2D eigenvalue weighted by Gasteiger charge is -2.19. The van der Waals surface area contributed by atoms with Crippen molar-refractivity contribution in [3.8, 4) is 11.1 Å². The predicted octanol–water partition coefficient (Wildman–Crippen LogP) is 5.35. The van der Waals surface area contributed by atoms with Crippen LogP contribution in [0, 0.1) is 13.8 Å². The lowest BCUT2D eigenvalue weighted by molar-refractivity contribution is 0.0964. The van der Waals surface area contributed by atoms with Gasteiger partial charge in [0.25, 0.3) is 5.91 Å². The average Bonchev–Trinajstić information content (AvgIpc) is 2.73. The van der Waals surface area contributed by atoms with E-state index in [1.54, 1.807) is 19.2 Å². The lowest BCUT2D eigenvalue weighted by Crippen LogP contribution is -2.28. The van der Waals surface area contributed by atoms with Crippen LogP contribution >= 0.6 is 0 Å². The predicted molar refractivity (Wildman–Crippen MR) is 117 cm³/mol. The monoisotopic (exact) mass is 383 g/mol. The molecule has 1 heterocycles. The molecule has 3 aromatic carbocycles. The third-order valence-electron chi connectivity index (χ3n) is 5.07. The fourth-order valence-electron chi connectivity index (χ4n) is 3.46. The summed E-state index contributed by atoms with van der Waals surface area (Å²) in [4.78, 5) is 27.5. The van der Waals surface area contributed by atoms with E-state index in [0.29, 0.717) is 16.3 Å². The van der Waals surface area contributed by atoms with Gasteiger partial charge in [-0.3, -0.25) is 4.79 Å². The molecule has 0 atom stereocenters. The zero-order valence-electron chi connectivity index (χ0n) is 16.6. The topological polar surface area (TPSA) is 50.5 Å². The Morgan fingerprint density at radius 2 is 1.52 bits per heavy atom.